The molecule has 8 nitrogen and oxygen atoms in total. The van der Waals surface area contributed by atoms with Gasteiger partial charge in [-0.25, -0.2) is 4.79 Å². The third-order valence-corrected chi connectivity index (χ3v) is 2.97. The van der Waals surface area contributed by atoms with Crippen LogP contribution in [0.1, 0.15) is 13.8 Å². The number of carbonyl (C=O) groups excluding carboxylic acids is 2. The molecule has 1 rings (SSSR count). The molecule has 1 aliphatic heterocycles. The number of nitrogens with two attached hydrogens (primary N) is 1. The van der Waals surface area contributed by atoms with Gasteiger partial charge in [0.25, 0.3) is 0 Å². The minimum Gasteiger partial charge on any atom is -0.481 e. The van der Waals surface area contributed by atoms with E-state index in [9.17, 15) is 14.4 Å². The van der Waals surface area contributed by atoms with Crippen LogP contribution < -0.4 is 16.4 Å². The van der Waals surface area contributed by atoms with E-state index >= 15 is 0 Å². The van der Waals surface area contributed by atoms with Gasteiger partial charge in [-0.1, -0.05) is 13.8 Å². The summed E-state index contributed by atoms with van der Waals surface area (Å²) in [6, 6.07) is -2.04. The van der Waals surface area contributed by atoms with E-state index in [1.54, 1.807) is 13.8 Å². The van der Waals surface area contributed by atoms with E-state index in [0.717, 1.165) is 0 Å². The van der Waals surface area contributed by atoms with Gasteiger partial charge in [0, 0.05) is 0 Å². The molecule has 1 heterocycles. The molecule has 3 atom stereocenters. The predicted molar refractivity (Wildman–Crippen MR) is 65.2 cm³/mol. The Labute approximate surface area is 110 Å². The number of nitrogens with one attached hydrogen (secondary N) is 2. The number of rotatable bonds is 5. The molecule has 0 aromatic carbocycles. The van der Waals surface area contributed by atoms with Crippen LogP contribution in [0.15, 0.2) is 0 Å². The Hall–Kier alpha value is -1.83. The van der Waals surface area contributed by atoms with E-state index in [2.05, 4.69) is 10.6 Å². The molecule has 8 heteroatoms. The van der Waals surface area contributed by atoms with Gasteiger partial charge in [0.05, 0.1) is 19.3 Å². The first-order chi connectivity index (χ1) is 8.82. The summed E-state index contributed by atoms with van der Waals surface area (Å²) in [5.74, 6) is -2.60. The third-order valence-electron chi connectivity index (χ3n) is 2.97. The summed E-state index contributed by atoms with van der Waals surface area (Å²) in [5.41, 5.74) is 5.17. The van der Waals surface area contributed by atoms with Crippen molar-refractivity contribution in [2.75, 3.05) is 13.2 Å². The van der Waals surface area contributed by atoms with Crippen molar-refractivity contribution in [1.82, 2.24) is 10.6 Å². The zero-order valence-corrected chi connectivity index (χ0v) is 10.9. The van der Waals surface area contributed by atoms with Crippen molar-refractivity contribution in [3.63, 3.8) is 0 Å². The zero-order valence-electron chi connectivity index (χ0n) is 10.9. The number of carbonyl (C=O) groups is 3. The predicted octanol–water partition coefficient (Wildman–Crippen LogP) is -1.10. The average Bonchev–Trinajstić information content (AvgIpc) is 2.73. The summed E-state index contributed by atoms with van der Waals surface area (Å²) in [5, 5.41) is 13.8. The summed E-state index contributed by atoms with van der Waals surface area (Å²) in [4.78, 5) is 33.8. The van der Waals surface area contributed by atoms with E-state index in [4.69, 9.17) is 15.6 Å². The van der Waals surface area contributed by atoms with Crippen molar-refractivity contribution in [2.45, 2.75) is 25.9 Å². The number of primary amides is 1. The SMILES string of the molecule is CC(C)C(NC(=O)NC1COCC1C(=O)O)C(N)=O. The monoisotopic (exact) mass is 273 g/mol. The lowest BCUT2D eigenvalue weighted by Crippen LogP contribution is -2.54. The van der Waals surface area contributed by atoms with Crippen LogP contribution in [0.5, 0.6) is 0 Å². The van der Waals surface area contributed by atoms with Crippen molar-refractivity contribution < 1.29 is 24.2 Å². The molecule has 0 spiro atoms. The van der Waals surface area contributed by atoms with Crippen molar-refractivity contribution >= 4 is 17.9 Å². The van der Waals surface area contributed by atoms with Gasteiger partial charge in [-0.05, 0) is 5.92 Å². The number of amides is 3. The molecule has 108 valence electrons. The second-order valence-electron chi connectivity index (χ2n) is 4.83. The molecule has 0 bridgehead atoms. The molecule has 0 aromatic heterocycles. The zero-order chi connectivity index (χ0) is 14.6. The van der Waals surface area contributed by atoms with Crippen molar-refractivity contribution in [3.05, 3.63) is 0 Å². The van der Waals surface area contributed by atoms with Crippen LogP contribution in [-0.2, 0) is 14.3 Å². The Bertz CT molecular complexity index is 371. The second kappa shape index (κ2) is 6.37. The first-order valence-corrected chi connectivity index (χ1v) is 5.99. The normalized spacial score (nSPS) is 23.9. The van der Waals surface area contributed by atoms with Crippen molar-refractivity contribution in [2.24, 2.45) is 17.6 Å². The maximum atomic E-state index is 11.7. The van der Waals surface area contributed by atoms with Crippen LogP contribution in [0.25, 0.3) is 0 Å². The van der Waals surface area contributed by atoms with E-state index in [0.29, 0.717) is 0 Å². The molecule has 0 radical (unpaired) electrons. The van der Waals surface area contributed by atoms with Gasteiger partial charge in [-0.2, -0.15) is 0 Å². The molecule has 0 aromatic rings. The number of carboxylic acid groups (broad SMARTS) is 1. The molecule has 1 saturated heterocycles. The van der Waals surface area contributed by atoms with Gasteiger partial charge in [0.1, 0.15) is 12.0 Å². The first-order valence-electron chi connectivity index (χ1n) is 5.99. The Balaban J connectivity index is 2.55. The minimum absolute atomic E-state index is 0.0592. The Kier molecular flexibility index (Phi) is 5.11. The lowest BCUT2D eigenvalue weighted by atomic mass is 10.0. The first kappa shape index (κ1) is 15.2. The quantitative estimate of drug-likeness (QED) is 0.504. The number of urea groups is 1. The highest BCUT2D eigenvalue weighted by atomic mass is 16.5. The van der Waals surface area contributed by atoms with E-state index in [-0.39, 0.29) is 19.1 Å². The number of hydrogen-bond donors (Lipinski definition) is 4. The van der Waals surface area contributed by atoms with Crippen molar-refractivity contribution in [1.29, 1.82) is 0 Å². The van der Waals surface area contributed by atoms with Gasteiger partial charge in [0.15, 0.2) is 0 Å². The highest BCUT2D eigenvalue weighted by Crippen LogP contribution is 2.13. The molecule has 5 N–H and O–H groups in total. The van der Waals surface area contributed by atoms with E-state index in [1.807, 2.05) is 0 Å². The van der Waals surface area contributed by atoms with Crippen LogP contribution in [0.4, 0.5) is 4.79 Å². The van der Waals surface area contributed by atoms with Gasteiger partial charge < -0.3 is 26.2 Å². The van der Waals surface area contributed by atoms with Gasteiger partial charge >= 0.3 is 12.0 Å². The molecular weight excluding hydrogens is 254 g/mol. The molecule has 3 unspecified atom stereocenters. The molecule has 19 heavy (non-hydrogen) atoms. The largest absolute Gasteiger partial charge is 0.481 e. The molecule has 0 saturated carbocycles. The van der Waals surface area contributed by atoms with Crippen LogP contribution in [0.2, 0.25) is 0 Å². The van der Waals surface area contributed by atoms with Crippen LogP contribution in [-0.4, -0.2) is 48.3 Å². The summed E-state index contributed by atoms with van der Waals surface area (Å²) in [7, 11) is 0. The smallest absolute Gasteiger partial charge is 0.315 e. The number of carboxylic acids is 1. The molecule has 1 aliphatic rings. The molecular formula is C11H19N3O5. The topological polar surface area (TPSA) is 131 Å². The standard InChI is InChI=1S/C11H19N3O5/c1-5(2)8(9(12)15)14-11(18)13-7-4-19-3-6(7)10(16)17/h5-8H,3-4H2,1-2H3,(H2,12,15)(H,16,17)(H2,13,14,18). The number of aliphatic carboxylic acids is 1. The highest BCUT2D eigenvalue weighted by Gasteiger charge is 2.35. The fraction of sp³-hybridized carbons (Fsp3) is 0.727. The lowest BCUT2D eigenvalue weighted by molar-refractivity contribution is -0.142. The van der Waals surface area contributed by atoms with Crippen LogP contribution >= 0.6 is 0 Å². The van der Waals surface area contributed by atoms with Gasteiger partial charge in [0.2, 0.25) is 5.91 Å². The van der Waals surface area contributed by atoms with E-state index < -0.39 is 35.9 Å². The van der Waals surface area contributed by atoms with E-state index in [1.165, 1.54) is 0 Å². The average molecular weight is 273 g/mol. The Morgan fingerprint density at radius 1 is 1.32 bits per heavy atom. The summed E-state index contributed by atoms with van der Waals surface area (Å²) in [6.45, 7) is 3.68. The summed E-state index contributed by atoms with van der Waals surface area (Å²) in [6.07, 6.45) is 0. The number of hydrogen-bond acceptors (Lipinski definition) is 4. The highest BCUT2D eigenvalue weighted by molar-refractivity contribution is 5.86. The molecule has 0 aliphatic carbocycles. The fourth-order valence-electron chi connectivity index (χ4n) is 1.86. The maximum Gasteiger partial charge on any atom is 0.315 e. The third kappa shape index (κ3) is 4.09. The Morgan fingerprint density at radius 2 is 1.95 bits per heavy atom. The molecule has 3 amide bonds. The van der Waals surface area contributed by atoms with Crippen molar-refractivity contribution in [3.8, 4) is 0 Å². The minimum atomic E-state index is -1.03. The number of ether oxygens (including phenoxy) is 1. The molecule has 1 fully saturated rings. The van der Waals surface area contributed by atoms with Gasteiger partial charge in [-0.3, -0.25) is 9.59 Å². The Morgan fingerprint density at radius 3 is 2.42 bits per heavy atom. The van der Waals surface area contributed by atoms with Crippen LogP contribution in [0.3, 0.4) is 0 Å². The summed E-state index contributed by atoms with van der Waals surface area (Å²) < 4.78 is 5.02. The van der Waals surface area contributed by atoms with Gasteiger partial charge in [-0.15, -0.1) is 0 Å². The second-order valence-corrected chi connectivity index (χ2v) is 4.83. The van der Waals surface area contributed by atoms with Crippen LogP contribution in [0, 0.1) is 11.8 Å². The fourth-order valence-corrected chi connectivity index (χ4v) is 1.86. The summed E-state index contributed by atoms with van der Waals surface area (Å²) >= 11 is 0. The lowest BCUT2D eigenvalue weighted by Gasteiger charge is -2.21. The maximum absolute atomic E-state index is 11.7.